The summed E-state index contributed by atoms with van der Waals surface area (Å²) in [5.41, 5.74) is 2.03. The molecule has 3 rings (SSSR count). The van der Waals surface area contributed by atoms with Gasteiger partial charge in [-0.15, -0.1) is 11.3 Å². The highest BCUT2D eigenvalue weighted by Gasteiger charge is 2.07. The Labute approximate surface area is 113 Å². The van der Waals surface area contributed by atoms with Crippen molar-refractivity contribution in [3.8, 4) is 0 Å². The van der Waals surface area contributed by atoms with Gasteiger partial charge in [-0.05, 0) is 18.6 Å². The Balaban J connectivity index is 1.74. The van der Waals surface area contributed by atoms with E-state index >= 15 is 0 Å². The number of hydrogen-bond donors (Lipinski definition) is 1. The van der Waals surface area contributed by atoms with Gasteiger partial charge in [-0.2, -0.15) is 4.98 Å². The van der Waals surface area contributed by atoms with Gasteiger partial charge in [0.05, 0.1) is 17.2 Å². The lowest BCUT2D eigenvalue weighted by atomic mass is 10.3. The predicted octanol–water partition coefficient (Wildman–Crippen LogP) is 3.60. The molecular formula is C13H12FN3OS. The molecule has 6 heteroatoms. The van der Waals surface area contributed by atoms with Crippen LogP contribution in [0.5, 0.6) is 0 Å². The van der Waals surface area contributed by atoms with Crippen molar-refractivity contribution in [3.05, 3.63) is 40.1 Å². The summed E-state index contributed by atoms with van der Waals surface area (Å²) in [5, 5.41) is 6.17. The Kier molecular flexibility index (Phi) is 3.16. The number of nitrogens with one attached hydrogen (secondary N) is 1. The van der Waals surface area contributed by atoms with Crippen LogP contribution in [0.15, 0.2) is 28.0 Å². The monoisotopic (exact) mass is 277 g/mol. The molecule has 19 heavy (non-hydrogen) atoms. The van der Waals surface area contributed by atoms with Crippen LogP contribution in [0, 0.1) is 5.82 Å². The van der Waals surface area contributed by atoms with Crippen molar-refractivity contribution in [3.63, 3.8) is 0 Å². The second kappa shape index (κ2) is 4.97. The topological polar surface area (TPSA) is 51.0 Å². The number of fused-ring (bicyclic) bond motifs is 1. The van der Waals surface area contributed by atoms with Gasteiger partial charge < -0.3 is 9.73 Å². The van der Waals surface area contributed by atoms with Crippen LogP contribution < -0.4 is 5.32 Å². The Morgan fingerprint density at radius 1 is 1.37 bits per heavy atom. The maximum absolute atomic E-state index is 13.0. The minimum Gasteiger partial charge on any atom is -0.424 e. The number of thiazole rings is 1. The third kappa shape index (κ3) is 2.58. The molecule has 1 aromatic carbocycles. The summed E-state index contributed by atoms with van der Waals surface area (Å²) in [5.74, 6) is -0.320. The molecule has 0 unspecified atom stereocenters. The number of anilines is 1. The van der Waals surface area contributed by atoms with Crippen LogP contribution in [0.4, 0.5) is 10.4 Å². The molecule has 0 atom stereocenters. The number of nitrogens with zero attached hydrogens (tertiary/aromatic N) is 2. The fraction of sp³-hybridized carbons (Fsp3) is 0.231. The molecule has 0 aliphatic heterocycles. The molecule has 0 saturated heterocycles. The van der Waals surface area contributed by atoms with Gasteiger partial charge in [0.1, 0.15) is 11.3 Å². The van der Waals surface area contributed by atoms with Crippen molar-refractivity contribution in [2.24, 2.45) is 0 Å². The van der Waals surface area contributed by atoms with E-state index in [9.17, 15) is 4.39 Å². The maximum atomic E-state index is 13.0. The fourth-order valence-corrected chi connectivity index (χ4v) is 2.48. The standard InChI is InChI=1S/C13H12FN3OS/c1-2-12-16-9(7-19-12)6-15-13-17-10-5-8(14)3-4-11(10)18-13/h3-5,7H,2,6H2,1H3,(H,15,17). The lowest BCUT2D eigenvalue weighted by Gasteiger charge is -1.96. The molecule has 0 saturated carbocycles. The lowest BCUT2D eigenvalue weighted by Crippen LogP contribution is -1.99. The van der Waals surface area contributed by atoms with E-state index in [4.69, 9.17) is 4.42 Å². The zero-order valence-electron chi connectivity index (χ0n) is 10.3. The summed E-state index contributed by atoms with van der Waals surface area (Å²) < 4.78 is 18.5. The zero-order chi connectivity index (χ0) is 13.2. The Morgan fingerprint density at radius 3 is 3.05 bits per heavy atom. The first-order valence-corrected chi connectivity index (χ1v) is 6.86. The Bertz CT molecular complexity index is 707. The number of hydrogen-bond acceptors (Lipinski definition) is 5. The molecule has 0 bridgehead atoms. The predicted molar refractivity (Wildman–Crippen MR) is 72.8 cm³/mol. The van der Waals surface area contributed by atoms with Crippen LogP contribution in [0.25, 0.3) is 11.1 Å². The summed E-state index contributed by atoms with van der Waals surface area (Å²) in [4.78, 5) is 8.61. The van der Waals surface area contributed by atoms with E-state index in [1.54, 1.807) is 17.4 Å². The van der Waals surface area contributed by atoms with Gasteiger partial charge in [-0.25, -0.2) is 9.37 Å². The second-order valence-electron chi connectivity index (χ2n) is 4.07. The summed E-state index contributed by atoms with van der Waals surface area (Å²) in [6.45, 7) is 2.62. The molecule has 0 aliphatic carbocycles. The van der Waals surface area contributed by atoms with Gasteiger partial charge in [0.15, 0.2) is 5.58 Å². The van der Waals surface area contributed by atoms with Gasteiger partial charge in [-0.3, -0.25) is 0 Å². The van der Waals surface area contributed by atoms with E-state index in [0.29, 0.717) is 23.7 Å². The Hall–Kier alpha value is -1.95. The highest BCUT2D eigenvalue weighted by Crippen LogP contribution is 2.20. The van der Waals surface area contributed by atoms with E-state index in [0.717, 1.165) is 17.1 Å². The SMILES string of the molecule is CCc1nc(CNc2nc3cc(F)ccc3o2)cs1. The molecule has 2 heterocycles. The third-order valence-electron chi connectivity index (χ3n) is 2.67. The summed E-state index contributed by atoms with van der Waals surface area (Å²) in [7, 11) is 0. The van der Waals surface area contributed by atoms with Crippen molar-refractivity contribution in [1.29, 1.82) is 0 Å². The second-order valence-corrected chi connectivity index (χ2v) is 5.01. The quantitative estimate of drug-likeness (QED) is 0.791. The number of halogens is 1. The first-order chi connectivity index (χ1) is 9.24. The zero-order valence-corrected chi connectivity index (χ0v) is 11.1. The van der Waals surface area contributed by atoms with Crippen molar-refractivity contribution in [2.45, 2.75) is 19.9 Å². The van der Waals surface area contributed by atoms with E-state index in [1.807, 2.05) is 5.38 Å². The summed E-state index contributed by atoms with van der Waals surface area (Å²) in [6, 6.07) is 4.65. The smallest absolute Gasteiger partial charge is 0.296 e. The van der Waals surface area contributed by atoms with E-state index in [1.165, 1.54) is 12.1 Å². The van der Waals surface area contributed by atoms with Crippen LogP contribution in [0.2, 0.25) is 0 Å². The van der Waals surface area contributed by atoms with Crippen LogP contribution in [0.1, 0.15) is 17.6 Å². The molecule has 2 aromatic heterocycles. The lowest BCUT2D eigenvalue weighted by molar-refractivity contribution is 0.609. The third-order valence-corrected chi connectivity index (χ3v) is 3.71. The molecular weight excluding hydrogens is 265 g/mol. The van der Waals surface area contributed by atoms with Crippen molar-refractivity contribution in [1.82, 2.24) is 9.97 Å². The summed E-state index contributed by atoms with van der Waals surface area (Å²) >= 11 is 1.64. The minimum atomic E-state index is -0.320. The maximum Gasteiger partial charge on any atom is 0.296 e. The normalized spacial score (nSPS) is 11.1. The molecule has 0 amide bonds. The van der Waals surface area contributed by atoms with Crippen LogP contribution in [-0.4, -0.2) is 9.97 Å². The van der Waals surface area contributed by atoms with Gasteiger partial charge in [-0.1, -0.05) is 6.92 Å². The number of aryl methyl sites for hydroxylation is 1. The molecule has 3 aromatic rings. The average molecular weight is 277 g/mol. The molecule has 0 fully saturated rings. The van der Waals surface area contributed by atoms with Crippen LogP contribution in [-0.2, 0) is 13.0 Å². The van der Waals surface area contributed by atoms with E-state index < -0.39 is 0 Å². The molecule has 1 N–H and O–H groups in total. The molecule has 98 valence electrons. The number of rotatable bonds is 4. The highest BCUT2D eigenvalue weighted by atomic mass is 32.1. The van der Waals surface area contributed by atoms with Crippen molar-refractivity contribution < 1.29 is 8.81 Å². The van der Waals surface area contributed by atoms with Crippen LogP contribution >= 0.6 is 11.3 Å². The highest BCUT2D eigenvalue weighted by molar-refractivity contribution is 7.09. The largest absolute Gasteiger partial charge is 0.424 e. The van der Waals surface area contributed by atoms with Gasteiger partial charge in [0, 0.05) is 11.4 Å². The first-order valence-electron chi connectivity index (χ1n) is 5.98. The fourth-order valence-electron chi connectivity index (χ4n) is 1.73. The van der Waals surface area contributed by atoms with Gasteiger partial charge in [0.2, 0.25) is 0 Å². The van der Waals surface area contributed by atoms with Gasteiger partial charge >= 0.3 is 0 Å². The first kappa shape index (κ1) is 12.1. The number of benzene rings is 1. The molecule has 0 spiro atoms. The molecule has 4 nitrogen and oxygen atoms in total. The molecule has 0 radical (unpaired) electrons. The van der Waals surface area contributed by atoms with Crippen molar-refractivity contribution >= 4 is 28.5 Å². The number of aromatic nitrogens is 2. The van der Waals surface area contributed by atoms with Crippen LogP contribution in [0.3, 0.4) is 0 Å². The Morgan fingerprint density at radius 2 is 2.26 bits per heavy atom. The number of oxazole rings is 1. The van der Waals surface area contributed by atoms with E-state index in [-0.39, 0.29) is 5.82 Å². The van der Waals surface area contributed by atoms with Crippen molar-refractivity contribution in [2.75, 3.05) is 5.32 Å². The van der Waals surface area contributed by atoms with Gasteiger partial charge in [0.25, 0.3) is 6.01 Å². The average Bonchev–Trinajstić information content (AvgIpc) is 3.01. The summed E-state index contributed by atoms with van der Waals surface area (Å²) in [6.07, 6.45) is 0.937. The van der Waals surface area contributed by atoms with E-state index in [2.05, 4.69) is 22.2 Å². The molecule has 0 aliphatic rings. The minimum absolute atomic E-state index is 0.320.